The summed E-state index contributed by atoms with van der Waals surface area (Å²) in [6.07, 6.45) is 1.48. The Kier molecular flexibility index (Phi) is 7.46. The molecule has 1 unspecified atom stereocenters. The molecule has 1 N–H and O–H groups in total. The Morgan fingerprint density at radius 3 is 2.53 bits per heavy atom. The van der Waals surface area contributed by atoms with Crippen LogP contribution >= 0.6 is 11.6 Å². The highest BCUT2D eigenvalue weighted by Gasteiger charge is 2.46. The van der Waals surface area contributed by atoms with Gasteiger partial charge in [0.2, 0.25) is 0 Å². The maximum atomic E-state index is 13.1. The van der Waals surface area contributed by atoms with Crippen LogP contribution in [-0.2, 0) is 9.59 Å². The first-order valence-electron chi connectivity index (χ1n) is 10.7. The molecule has 170 valence electrons. The van der Waals surface area contributed by atoms with Crippen molar-refractivity contribution in [1.82, 2.24) is 4.90 Å². The maximum absolute atomic E-state index is 13.1. The number of unbranched alkanes of at least 4 members (excludes halogenated alkanes) is 1. The van der Waals surface area contributed by atoms with Gasteiger partial charge in [0.1, 0.15) is 17.3 Å². The van der Waals surface area contributed by atoms with E-state index in [0.29, 0.717) is 34.2 Å². The highest BCUT2D eigenvalue weighted by molar-refractivity contribution is 6.46. The Balaban J connectivity index is 2.22. The molecule has 0 spiro atoms. The molecule has 1 fully saturated rings. The Morgan fingerprint density at radius 2 is 1.88 bits per heavy atom. The van der Waals surface area contributed by atoms with Crippen molar-refractivity contribution in [2.45, 2.75) is 45.8 Å². The topological polar surface area (TPSA) is 76.1 Å². The molecule has 6 nitrogen and oxygen atoms in total. The van der Waals surface area contributed by atoms with Gasteiger partial charge in [-0.15, -0.1) is 0 Å². The smallest absolute Gasteiger partial charge is 0.295 e. The lowest BCUT2D eigenvalue weighted by Gasteiger charge is -2.27. The first-order valence-corrected chi connectivity index (χ1v) is 11.1. The molecule has 1 saturated heterocycles. The molecule has 2 aromatic carbocycles. The third-order valence-electron chi connectivity index (χ3n) is 5.29. The average Bonchev–Trinajstić information content (AvgIpc) is 3.02. The van der Waals surface area contributed by atoms with Crippen LogP contribution in [0, 0.1) is 0 Å². The van der Waals surface area contributed by atoms with Crippen molar-refractivity contribution >= 4 is 29.1 Å². The molecular formula is C25H28ClNO5. The number of methoxy groups -OCH3 is 1. The number of amides is 1. The molecule has 0 aliphatic carbocycles. The van der Waals surface area contributed by atoms with Crippen molar-refractivity contribution in [3.63, 3.8) is 0 Å². The number of carbonyl (C=O) groups excluding carboxylic acids is 2. The Bertz CT molecular complexity index is 1050. The molecule has 1 aliphatic rings. The van der Waals surface area contributed by atoms with Crippen molar-refractivity contribution < 1.29 is 24.2 Å². The van der Waals surface area contributed by atoms with Crippen molar-refractivity contribution in [1.29, 1.82) is 0 Å². The van der Waals surface area contributed by atoms with Crippen molar-refractivity contribution in [3.05, 3.63) is 64.2 Å². The summed E-state index contributed by atoms with van der Waals surface area (Å²) < 4.78 is 11.2. The Labute approximate surface area is 193 Å². The molecule has 1 atom stereocenters. The summed E-state index contributed by atoms with van der Waals surface area (Å²) >= 11 is 6.12. The number of para-hydroxylation sites is 1. The second-order valence-corrected chi connectivity index (χ2v) is 8.31. The molecule has 0 radical (unpaired) electrons. The summed E-state index contributed by atoms with van der Waals surface area (Å²) in [4.78, 5) is 27.6. The Morgan fingerprint density at radius 1 is 1.16 bits per heavy atom. The van der Waals surface area contributed by atoms with Gasteiger partial charge >= 0.3 is 0 Å². The summed E-state index contributed by atoms with van der Waals surface area (Å²) in [6.45, 7) is 6.22. The number of benzene rings is 2. The third-order valence-corrected chi connectivity index (χ3v) is 5.61. The number of halogens is 1. The van der Waals surface area contributed by atoms with Gasteiger partial charge in [0.15, 0.2) is 0 Å². The van der Waals surface area contributed by atoms with Crippen LogP contribution in [0.15, 0.2) is 48.0 Å². The van der Waals surface area contributed by atoms with E-state index >= 15 is 0 Å². The van der Waals surface area contributed by atoms with E-state index in [2.05, 4.69) is 0 Å². The minimum atomic E-state index is -0.766. The van der Waals surface area contributed by atoms with Gasteiger partial charge in [-0.1, -0.05) is 43.1 Å². The lowest BCUT2D eigenvalue weighted by atomic mass is 9.94. The Hall–Kier alpha value is -2.99. The van der Waals surface area contributed by atoms with Crippen LogP contribution in [0.5, 0.6) is 11.5 Å². The van der Waals surface area contributed by atoms with Crippen molar-refractivity contribution in [2.24, 2.45) is 0 Å². The van der Waals surface area contributed by atoms with E-state index in [4.69, 9.17) is 21.1 Å². The largest absolute Gasteiger partial charge is 0.507 e. The molecule has 0 bridgehead atoms. The monoisotopic (exact) mass is 457 g/mol. The zero-order valence-corrected chi connectivity index (χ0v) is 19.5. The number of aliphatic hydroxyl groups is 1. The molecule has 2 aromatic rings. The van der Waals surface area contributed by atoms with Crippen LogP contribution in [0.3, 0.4) is 0 Å². The number of Topliss-reactive ketones (excluding diaryl/α,β-unsaturated/α-hetero) is 1. The van der Waals surface area contributed by atoms with Crippen LogP contribution in [-0.4, -0.2) is 41.5 Å². The van der Waals surface area contributed by atoms with E-state index in [1.54, 1.807) is 24.3 Å². The summed E-state index contributed by atoms with van der Waals surface area (Å²) in [5.74, 6) is -0.713. The fraction of sp³-hybridized carbons (Fsp3) is 0.360. The predicted octanol–water partition coefficient (Wildman–Crippen LogP) is 5.36. The average molecular weight is 458 g/mol. The minimum absolute atomic E-state index is 0.0234. The first kappa shape index (κ1) is 23.7. The highest BCUT2D eigenvalue weighted by atomic mass is 35.5. The standard InChI is InChI=1S/C25H28ClNO5/c1-5-6-13-27-22(17-9-7-8-10-19(17)32-15(2)3)21(24(29)25(27)30)23(28)16-11-12-18(26)20(14-16)31-4/h7-12,14-15,22,28H,5-6,13H2,1-4H3/b23-21-. The van der Waals surface area contributed by atoms with Gasteiger partial charge in [-0.2, -0.15) is 0 Å². The number of likely N-dealkylation sites (tertiary alicyclic amines) is 1. The summed E-state index contributed by atoms with van der Waals surface area (Å²) in [5, 5.41) is 11.6. The van der Waals surface area contributed by atoms with Crippen molar-refractivity contribution in [3.8, 4) is 11.5 Å². The van der Waals surface area contributed by atoms with Gasteiger partial charge in [0, 0.05) is 17.7 Å². The number of ketones is 1. The van der Waals surface area contributed by atoms with E-state index in [0.717, 1.165) is 12.8 Å². The van der Waals surface area contributed by atoms with E-state index in [1.165, 1.54) is 12.0 Å². The first-order chi connectivity index (χ1) is 15.3. The molecular weight excluding hydrogens is 430 g/mol. The molecule has 3 rings (SSSR count). The van der Waals surface area contributed by atoms with Gasteiger partial charge in [0.25, 0.3) is 11.7 Å². The van der Waals surface area contributed by atoms with Gasteiger partial charge in [-0.3, -0.25) is 9.59 Å². The molecule has 0 saturated carbocycles. The van der Waals surface area contributed by atoms with Crippen LogP contribution < -0.4 is 9.47 Å². The van der Waals surface area contributed by atoms with E-state index in [-0.39, 0.29) is 17.4 Å². The molecule has 7 heteroatoms. The summed E-state index contributed by atoms with van der Waals surface area (Å²) in [6, 6.07) is 11.2. The molecule has 1 heterocycles. The zero-order chi connectivity index (χ0) is 23.4. The second kappa shape index (κ2) is 10.1. The SMILES string of the molecule is CCCCN1C(=O)C(=O)/C(=C(\O)c2ccc(Cl)c(OC)c2)C1c1ccccc1OC(C)C. The number of nitrogens with zero attached hydrogens (tertiary/aromatic N) is 1. The van der Waals surface area contributed by atoms with Gasteiger partial charge in [0.05, 0.1) is 29.9 Å². The third kappa shape index (κ3) is 4.60. The zero-order valence-electron chi connectivity index (χ0n) is 18.7. The van der Waals surface area contributed by atoms with Gasteiger partial charge < -0.3 is 19.5 Å². The van der Waals surface area contributed by atoms with Crippen LogP contribution in [0.25, 0.3) is 5.76 Å². The number of hydrogen-bond acceptors (Lipinski definition) is 5. The number of hydrogen-bond donors (Lipinski definition) is 1. The van der Waals surface area contributed by atoms with E-state index in [9.17, 15) is 14.7 Å². The summed E-state index contributed by atoms with van der Waals surface area (Å²) in [5.41, 5.74) is 1.02. The highest BCUT2D eigenvalue weighted by Crippen LogP contribution is 2.43. The number of rotatable bonds is 8. The van der Waals surface area contributed by atoms with Gasteiger partial charge in [-0.05, 0) is 44.5 Å². The van der Waals surface area contributed by atoms with Crippen molar-refractivity contribution in [2.75, 3.05) is 13.7 Å². The number of aliphatic hydroxyl groups excluding tert-OH is 1. The lowest BCUT2D eigenvalue weighted by Crippen LogP contribution is -2.31. The van der Waals surface area contributed by atoms with Gasteiger partial charge in [-0.25, -0.2) is 0 Å². The number of ether oxygens (including phenoxy) is 2. The molecule has 32 heavy (non-hydrogen) atoms. The van der Waals surface area contributed by atoms with Crippen LogP contribution in [0.1, 0.15) is 50.8 Å². The fourth-order valence-corrected chi connectivity index (χ4v) is 3.99. The normalized spacial score (nSPS) is 17.8. The molecule has 1 aliphatic heterocycles. The quantitative estimate of drug-likeness (QED) is 0.328. The van der Waals surface area contributed by atoms with Crippen LogP contribution in [0.4, 0.5) is 0 Å². The van der Waals surface area contributed by atoms with Crippen LogP contribution in [0.2, 0.25) is 5.02 Å². The lowest BCUT2D eigenvalue weighted by molar-refractivity contribution is -0.139. The molecule has 0 aromatic heterocycles. The minimum Gasteiger partial charge on any atom is -0.507 e. The molecule has 1 amide bonds. The van der Waals surface area contributed by atoms with E-state index < -0.39 is 17.7 Å². The second-order valence-electron chi connectivity index (χ2n) is 7.90. The summed E-state index contributed by atoms with van der Waals surface area (Å²) in [7, 11) is 1.47. The number of carbonyl (C=O) groups is 2. The fourth-order valence-electron chi connectivity index (χ4n) is 3.79. The maximum Gasteiger partial charge on any atom is 0.295 e. The van der Waals surface area contributed by atoms with E-state index in [1.807, 2.05) is 39.0 Å². The predicted molar refractivity (Wildman–Crippen MR) is 124 cm³/mol.